The molecular formula is C29H28ClN3O2. The second kappa shape index (κ2) is 9.04. The van der Waals surface area contributed by atoms with E-state index in [1.54, 1.807) is 0 Å². The molecule has 1 N–H and O–H groups in total. The maximum Gasteiger partial charge on any atom is 0.258 e. The lowest BCUT2D eigenvalue weighted by atomic mass is 9.98. The first-order valence-electron chi connectivity index (χ1n) is 12.4. The van der Waals surface area contributed by atoms with Crippen molar-refractivity contribution in [2.24, 2.45) is 5.92 Å². The van der Waals surface area contributed by atoms with E-state index in [9.17, 15) is 9.59 Å². The number of carbonyl (C=O) groups is 1. The smallest absolute Gasteiger partial charge is 0.258 e. The fraction of sp³-hybridized carbons (Fsp3) is 0.310. The summed E-state index contributed by atoms with van der Waals surface area (Å²) in [5.74, 6) is 0.743. The molecular weight excluding hydrogens is 458 g/mol. The third-order valence-electron chi connectivity index (χ3n) is 7.38. The number of amides is 1. The lowest BCUT2D eigenvalue weighted by Crippen LogP contribution is -2.39. The average molecular weight is 486 g/mol. The van der Waals surface area contributed by atoms with Gasteiger partial charge in [-0.25, -0.2) is 0 Å². The number of rotatable bonds is 6. The van der Waals surface area contributed by atoms with Crippen LogP contribution < -0.4 is 5.56 Å². The molecule has 0 spiro atoms. The molecule has 2 aliphatic rings. The number of aromatic amines is 1. The van der Waals surface area contributed by atoms with E-state index >= 15 is 0 Å². The Labute approximate surface area is 209 Å². The number of halogens is 1. The maximum absolute atomic E-state index is 13.5. The minimum Gasteiger partial charge on any atom is -0.361 e. The van der Waals surface area contributed by atoms with E-state index in [0.717, 1.165) is 28.9 Å². The number of pyridine rings is 1. The first-order chi connectivity index (χ1) is 17.1. The molecule has 0 atom stereocenters. The van der Waals surface area contributed by atoms with Crippen LogP contribution in [-0.4, -0.2) is 26.9 Å². The summed E-state index contributed by atoms with van der Waals surface area (Å²) in [6.45, 7) is 1.96. The highest BCUT2D eigenvalue weighted by atomic mass is 35.5. The minimum atomic E-state index is 0.0528. The van der Waals surface area contributed by atoms with Crippen molar-refractivity contribution in [3.8, 4) is 11.1 Å². The molecule has 1 aliphatic heterocycles. The Morgan fingerprint density at radius 3 is 2.77 bits per heavy atom. The fourth-order valence-electron chi connectivity index (χ4n) is 5.28. The van der Waals surface area contributed by atoms with Crippen molar-refractivity contribution in [3.63, 3.8) is 0 Å². The number of aryl methyl sites for hydroxylation is 1. The monoisotopic (exact) mass is 485 g/mol. The molecule has 1 fully saturated rings. The zero-order chi connectivity index (χ0) is 23.9. The Bertz CT molecular complexity index is 1480. The molecule has 35 heavy (non-hydrogen) atoms. The van der Waals surface area contributed by atoms with Crippen LogP contribution in [0.5, 0.6) is 0 Å². The molecule has 2 aromatic carbocycles. The average Bonchev–Trinajstić information content (AvgIpc) is 3.60. The molecule has 1 amide bonds. The first-order valence-corrected chi connectivity index (χ1v) is 12.8. The minimum absolute atomic E-state index is 0.0528. The van der Waals surface area contributed by atoms with E-state index in [-0.39, 0.29) is 11.5 Å². The van der Waals surface area contributed by atoms with Crippen molar-refractivity contribution in [2.45, 2.75) is 45.2 Å². The molecule has 0 bridgehead atoms. The number of hydrogen-bond donors (Lipinski definition) is 1. The van der Waals surface area contributed by atoms with Crippen molar-refractivity contribution in [3.05, 3.63) is 93.0 Å². The second-order valence-electron chi connectivity index (χ2n) is 9.82. The third kappa shape index (κ3) is 4.41. The first kappa shape index (κ1) is 22.2. The Hall–Kier alpha value is -3.31. The molecule has 5 nitrogen and oxygen atoms in total. The summed E-state index contributed by atoms with van der Waals surface area (Å²) in [6.07, 6.45) is 6.27. The van der Waals surface area contributed by atoms with Crippen LogP contribution in [0.15, 0.2) is 65.6 Å². The van der Waals surface area contributed by atoms with Gasteiger partial charge in [0.05, 0.1) is 0 Å². The number of benzene rings is 2. The number of nitrogens with zero attached hydrogens (tertiary/aromatic N) is 2. The number of aromatic nitrogens is 2. The molecule has 6 heteroatoms. The van der Waals surface area contributed by atoms with Crippen molar-refractivity contribution in [1.82, 2.24) is 14.5 Å². The summed E-state index contributed by atoms with van der Waals surface area (Å²) in [5.41, 5.74) is 5.99. The van der Waals surface area contributed by atoms with Crippen LogP contribution in [0.1, 0.15) is 36.1 Å². The lowest BCUT2D eigenvalue weighted by molar-refractivity contribution is -0.132. The van der Waals surface area contributed by atoms with Gasteiger partial charge >= 0.3 is 0 Å². The zero-order valence-electron chi connectivity index (χ0n) is 19.6. The van der Waals surface area contributed by atoms with E-state index in [1.165, 1.54) is 23.8 Å². The van der Waals surface area contributed by atoms with Gasteiger partial charge in [-0.05, 0) is 66.1 Å². The van der Waals surface area contributed by atoms with Gasteiger partial charge in [-0.1, -0.05) is 41.9 Å². The molecule has 0 saturated heterocycles. The Kier molecular flexibility index (Phi) is 5.73. The molecule has 4 aromatic rings. The van der Waals surface area contributed by atoms with Gasteiger partial charge < -0.3 is 14.5 Å². The quantitative estimate of drug-likeness (QED) is 0.387. The van der Waals surface area contributed by atoms with Crippen molar-refractivity contribution >= 4 is 28.4 Å². The van der Waals surface area contributed by atoms with Gasteiger partial charge in [0.15, 0.2) is 0 Å². The van der Waals surface area contributed by atoms with Crippen LogP contribution in [0.4, 0.5) is 0 Å². The van der Waals surface area contributed by atoms with E-state index in [0.29, 0.717) is 48.9 Å². The molecule has 0 radical (unpaired) electrons. The number of carbonyl (C=O) groups excluding carboxylic acids is 1. The number of H-pyrrole nitrogens is 1. The third-order valence-corrected chi connectivity index (χ3v) is 7.61. The van der Waals surface area contributed by atoms with Gasteiger partial charge in [0.1, 0.15) is 0 Å². The molecule has 0 unspecified atom stereocenters. The maximum atomic E-state index is 13.5. The summed E-state index contributed by atoms with van der Waals surface area (Å²) in [5, 5.41) is 1.79. The molecule has 178 valence electrons. The van der Waals surface area contributed by atoms with Crippen LogP contribution in [-0.2, 0) is 30.7 Å². The summed E-state index contributed by atoms with van der Waals surface area (Å²) in [4.78, 5) is 32.0. The molecule has 3 heterocycles. The highest BCUT2D eigenvalue weighted by Gasteiger charge is 2.28. The Balaban J connectivity index is 1.26. The summed E-state index contributed by atoms with van der Waals surface area (Å²) in [7, 11) is 0. The predicted molar refractivity (Wildman–Crippen MR) is 140 cm³/mol. The lowest BCUT2D eigenvalue weighted by Gasteiger charge is -2.31. The van der Waals surface area contributed by atoms with Gasteiger partial charge in [-0.2, -0.15) is 0 Å². The topological polar surface area (TPSA) is 58.1 Å². The van der Waals surface area contributed by atoms with Gasteiger partial charge in [0.25, 0.3) is 5.56 Å². The van der Waals surface area contributed by atoms with E-state index in [1.807, 2.05) is 58.1 Å². The number of fused-ring (bicyclic) bond motifs is 2. The van der Waals surface area contributed by atoms with E-state index < -0.39 is 0 Å². The molecule has 2 aromatic heterocycles. The highest BCUT2D eigenvalue weighted by molar-refractivity contribution is 6.30. The normalized spacial score (nSPS) is 15.4. The van der Waals surface area contributed by atoms with Crippen LogP contribution in [0, 0.1) is 5.92 Å². The molecule has 1 aliphatic carbocycles. The van der Waals surface area contributed by atoms with E-state index in [2.05, 4.69) is 17.1 Å². The second-order valence-corrected chi connectivity index (χ2v) is 10.3. The molecule has 6 rings (SSSR count). The number of nitrogens with one attached hydrogen (secondary N) is 1. The predicted octanol–water partition coefficient (Wildman–Crippen LogP) is 5.58. The number of hydrogen-bond acceptors (Lipinski definition) is 2. The fourth-order valence-corrected chi connectivity index (χ4v) is 5.47. The summed E-state index contributed by atoms with van der Waals surface area (Å²) in [6, 6.07) is 17.7. The van der Waals surface area contributed by atoms with Crippen molar-refractivity contribution in [1.29, 1.82) is 0 Å². The van der Waals surface area contributed by atoms with Crippen LogP contribution in [0.2, 0.25) is 5.02 Å². The van der Waals surface area contributed by atoms with Crippen LogP contribution in [0.25, 0.3) is 22.0 Å². The number of para-hydroxylation sites is 1. The Morgan fingerprint density at radius 2 is 1.94 bits per heavy atom. The van der Waals surface area contributed by atoms with Crippen molar-refractivity contribution in [2.75, 3.05) is 6.54 Å². The SMILES string of the molecule is O=C(CCc1c[nH]c2ccccc12)N1CCc2c(cc(-c3cccc(Cl)c3)c(=O)n2CC2CC2)C1. The van der Waals surface area contributed by atoms with Gasteiger partial charge in [-0.15, -0.1) is 0 Å². The summed E-state index contributed by atoms with van der Waals surface area (Å²) < 4.78 is 1.98. The highest BCUT2D eigenvalue weighted by Crippen LogP contribution is 2.33. The van der Waals surface area contributed by atoms with Crippen LogP contribution in [0.3, 0.4) is 0 Å². The van der Waals surface area contributed by atoms with Gasteiger partial charge in [0.2, 0.25) is 5.91 Å². The summed E-state index contributed by atoms with van der Waals surface area (Å²) >= 11 is 6.24. The molecule has 1 saturated carbocycles. The van der Waals surface area contributed by atoms with Crippen LogP contribution >= 0.6 is 11.6 Å². The van der Waals surface area contributed by atoms with Crippen molar-refractivity contribution < 1.29 is 4.79 Å². The zero-order valence-corrected chi connectivity index (χ0v) is 20.4. The van der Waals surface area contributed by atoms with E-state index in [4.69, 9.17) is 11.6 Å². The largest absolute Gasteiger partial charge is 0.361 e. The Morgan fingerprint density at radius 1 is 1.09 bits per heavy atom. The van der Waals surface area contributed by atoms with Gasteiger partial charge in [-0.3, -0.25) is 9.59 Å². The standard InChI is InChI=1S/C29H28ClN3O2/c30-23-5-3-4-20(14-23)25-15-22-18-32(13-12-27(22)33(29(25)35)17-19-8-9-19)28(34)11-10-21-16-31-26-7-2-1-6-24(21)26/h1-7,14-16,19,31H,8-13,17-18H2. The van der Waals surface area contributed by atoms with Gasteiger partial charge in [0, 0.05) is 65.9 Å².